The maximum Gasteiger partial charge on any atom is 0.127 e. The molecule has 0 radical (unpaired) electrons. The summed E-state index contributed by atoms with van der Waals surface area (Å²) in [7, 11) is 0. The smallest absolute Gasteiger partial charge is 0.127 e. The van der Waals surface area contributed by atoms with Gasteiger partial charge in [-0.05, 0) is 23.1 Å². The highest BCUT2D eigenvalue weighted by molar-refractivity contribution is 6.13. The van der Waals surface area contributed by atoms with Crippen LogP contribution in [0, 0.1) is 5.82 Å². The lowest BCUT2D eigenvalue weighted by Gasteiger charge is -2.35. The molecule has 4 aromatic rings. The summed E-state index contributed by atoms with van der Waals surface area (Å²) in [6, 6.07) is 19.8. The lowest BCUT2D eigenvalue weighted by molar-refractivity contribution is 0.550. The second kappa shape index (κ2) is 4.41. The third-order valence-electron chi connectivity index (χ3n) is 5.29. The van der Waals surface area contributed by atoms with Crippen LogP contribution in [-0.4, -0.2) is 4.98 Å². The zero-order valence-electron chi connectivity index (χ0n) is 13.6. The third kappa shape index (κ3) is 1.56. The van der Waals surface area contributed by atoms with E-state index in [-0.39, 0.29) is 5.82 Å². The van der Waals surface area contributed by atoms with Gasteiger partial charge in [0.25, 0.3) is 0 Å². The first-order valence-electron chi connectivity index (χ1n) is 8.20. The summed E-state index contributed by atoms with van der Waals surface area (Å²) in [4.78, 5) is 4.92. The van der Waals surface area contributed by atoms with E-state index < -0.39 is 5.41 Å². The van der Waals surface area contributed by atoms with E-state index in [1.165, 1.54) is 5.39 Å². The predicted octanol–water partition coefficient (Wildman–Crippen LogP) is 5.83. The summed E-state index contributed by atoms with van der Waals surface area (Å²) >= 11 is 0. The molecule has 1 aliphatic rings. The van der Waals surface area contributed by atoms with Crippen molar-refractivity contribution >= 4 is 21.7 Å². The molecule has 0 bridgehead atoms. The van der Waals surface area contributed by atoms with Gasteiger partial charge in [0.05, 0.1) is 11.2 Å². The fraction of sp³-hybridized carbons (Fsp3) is 0.136. The molecule has 1 aliphatic carbocycles. The van der Waals surface area contributed by atoms with Crippen molar-refractivity contribution in [1.82, 2.24) is 4.98 Å². The molecule has 0 amide bonds. The van der Waals surface area contributed by atoms with E-state index >= 15 is 0 Å². The number of rotatable bonds is 0. The van der Waals surface area contributed by atoms with Crippen LogP contribution >= 0.6 is 0 Å². The van der Waals surface area contributed by atoms with Gasteiger partial charge in [-0.1, -0.05) is 62.4 Å². The fourth-order valence-electron chi connectivity index (χ4n) is 4.21. The van der Waals surface area contributed by atoms with E-state index in [4.69, 9.17) is 4.98 Å². The Balaban J connectivity index is 2.10. The SMILES string of the molecule is CC1(C)c2c(F)cccc2-c2nc3ccccc3c3cccc1c23. The molecule has 0 spiro atoms. The number of nitrogens with zero attached hydrogens (tertiary/aromatic N) is 1. The van der Waals surface area contributed by atoms with Crippen LogP contribution in [0.5, 0.6) is 0 Å². The molecule has 1 aromatic heterocycles. The van der Waals surface area contributed by atoms with Gasteiger partial charge in [0.1, 0.15) is 5.82 Å². The van der Waals surface area contributed by atoms with E-state index in [1.807, 2.05) is 24.3 Å². The van der Waals surface area contributed by atoms with Crippen molar-refractivity contribution in [2.75, 3.05) is 0 Å². The largest absolute Gasteiger partial charge is 0.247 e. The van der Waals surface area contributed by atoms with Crippen molar-refractivity contribution in [2.45, 2.75) is 19.3 Å². The van der Waals surface area contributed by atoms with E-state index in [0.29, 0.717) is 0 Å². The molecular weight excluding hydrogens is 297 g/mol. The van der Waals surface area contributed by atoms with Gasteiger partial charge in [-0.25, -0.2) is 9.37 Å². The summed E-state index contributed by atoms with van der Waals surface area (Å²) in [5.41, 5.74) is 4.26. The molecule has 0 N–H and O–H groups in total. The van der Waals surface area contributed by atoms with Crippen molar-refractivity contribution in [3.8, 4) is 11.3 Å². The molecular formula is C22H16FN. The molecule has 1 heterocycles. The standard InChI is InChI=1S/C22H16FN/c1-22(2)16-10-5-8-14-13-7-3-4-12-18(13)24-21(19(14)16)15-9-6-11-17(23)20(15)22/h3-12H,1-2H3. The minimum Gasteiger partial charge on any atom is -0.247 e. The molecule has 0 saturated carbocycles. The Labute approximate surface area is 139 Å². The molecule has 24 heavy (non-hydrogen) atoms. The van der Waals surface area contributed by atoms with Gasteiger partial charge in [0.15, 0.2) is 0 Å². The average molecular weight is 313 g/mol. The van der Waals surface area contributed by atoms with Crippen LogP contribution in [-0.2, 0) is 5.41 Å². The molecule has 0 aliphatic heterocycles. The predicted molar refractivity (Wildman–Crippen MR) is 96.8 cm³/mol. The Morgan fingerprint density at radius 1 is 0.833 bits per heavy atom. The number of benzene rings is 3. The number of hydrogen-bond acceptors (Lipinski definition) is 1. The van der Waals surface area contributed by atoms with Crippen LogP contribution in [0.2, 0.25) is 0 Å². The maximum atomic E-state index is 14.7. The van der Waals surface area contributed by atoms with Gasteiger partial charge < -0.3 is 0 Å². The number of halogens is 1. The van der Waals surface area contributed by atoms with Gasteiger partial charge in [0.2, 0.25) is 0 Å². The Morgan fingerprint density at radius 3 is 2.46 bits per heavy atom. The third-order valence-corrected chi connectivity index (χ3v) is 5.29. The average Bonchev–Trinajstić information content (AvgIpc) is 2.59. The highest BCUT2D eigenvalue weighted by Gasteiger charge is 2.36. The number of pyridine rings is 1. The van der Waals surface area contributed by atoms with Gasteiger partial charge in [0, 0.05) is 27.3 Å². The van der Waals surface area contributed by atoms with Crippen LogP contribution in [0.25, 0.3) is 32.9 Å². The van der Waals surface area contributed by atoms with Crippen LogP contribution < -0.4 is 0 Å². The number of aromatic nitrogens is 1. The van der Waals surface area contributed by atoms with Gasteiger partial charge in [-0.2, -0.15) is 0 Å². The topological polar surface area (TPSA) is 12.9 Å². The Kier molecular flexibility index (Phi) is 2.52. The molecule has 1 nitrogen and oxygen atoms in total. The fourth-order valence-corrected chi connectivity index (χ4v) is 4.21. The first kappa shape index (κ1) is 13.7. The lowest BCUT2D eigenvalue weighted by Crippen LogP contribution is -2.25. The quantitative estimate of drug-likeness (QED) is 0.372. The van der Waals surface area contributed by atoms with Crippen LogP contribution in [0.15, 0.2) is 60.7 Å². The number of hydrogen-bond donors (Lipinski definition) is 0. The van der Waals surface area contributed by atoms with E-state index in [9.17, 15) is 4.39 Å². The van der Waals surface area contributed by atoms with Crippen molar-refractivity contribution in [2.24, 2.45) is 0 Å². The maximum absolute atomic E-state index is 14.7. The molecule has 0 saturated heterocycles. The van der Waals surface area contributed by atoms with Crippen molar-refractivity contribution < 1.29 is 4.39 Å². The molecule has 0 fully saturated rings. The normalized spacial score (nSPS) is 14.8. The monoisotopic (exact) mass is 313 g/mol. The van der Waals surface area contributed by atoms with Crippen molar-refractivity contribution in [1.29, 1.82) is 0 Å². The second-order valence-electron chi connectivity index (χ2n) is 6.99. The first-order valence-corrected chi connectivity index (χ1v) is 8.20. The van der Waals surface area contributed by atoms with E-state index in [1.54, 1.807) is 12.1 Å². The molecule has 0 unspecified atom stereocenters. The Hall–Kier alpha value is -2.74. The summed E-state index contributed by atoms with van der Waals surface area (Å²) < 4.78 is 14.7. The Morgan fingerprint density at radius 2 is 1.58 bits per heavy atom. The molecule has 116 valence electrons. The van der Waals surface area contributed by atoms with Crippen LogP contribution in [0.4, 0.5) is 4.39 Å². The van der Waals surface area contributed by atoms with Gasteiger partial charge in [-0.3, -0.25) is 0 Å². The first-order chi connectivity index (χ1) is 11.6. The second-order valence-corrected chi connectivity index (χ2v) is 6.99. The molecule has 3 aromatic carbocycles. The highest BCUT2D eigenvalue weighted by Crippen LogP contribution is 2.49. The zero-order valence-corrected chi connectivity index (χ0v) is 13.6. The van der Waals surface area contributed by atoms with E-state index in [0.717, 1.165) is 38.7 Å². The lowest BCUT2D eigenvalue weighted by atomic mass is 9.69. The summed E-state index contributed by atoms with van der Waals surface area (Å²) in [5.74, 6) is -0.157. The zero-order chi connectivity index (χ0) is 16.5. The minimum absolute atomic E-state index is 0.157. The number of fused-ring (bicyclic) bond motifs is 4. The van der Waals surface area contributed by atoms with Gasteiger partial charge >= 0.3 is 0 Å². The minimum atomic E-state index is -0.392. The van der Waals surface area contributed by atoms with Crippen molar-refractivity contribution in [3.63, 3.8) is 0 Å². The Bertz CT molecular complexity index is 1140. The summed E-state index contributed by atoms with van der Waals surface area (Å²) in [6.45, 7) is 4.20. The van der Waals surface area contributed by atoms with Crippen molar-refractivity contribution in [3.05, 3.63) is 77.6 Å². The molecule has 5 rings (SSSR count). The highest BCUT2D eigenvalue weighted by atomic mass is 19.1. The summed E-state index contributed by atoms with van der Waals surface area (Å²) in [6.07, 6.45) is 0. The number of para-hydroxylation sites is 1. The molecule has 0 atom stereocenters. The van der Waals surface area contributed by atoms with Crippen LogP contribution in [0.1, 0.15) is 25.0 Å². The van der Waals surface area contributed by atoms with E-state index in [2.05, 4.69) is 38.1 Å². The van der Waals surface area contributed by atoms with Gasteiger partial charge in [-0.15, -0.1) is 0 Å². The van der Waals surface area contributed by atoms with Crippen LogP contribution in [0.3, 0.4) is 0 Å². The summed E-state index contributed by atoms with van der Waals surface area (Å²) in [5, 5.41) is 3.49. The molecule has 2 heteroatoms.